The minimum absolute atomic E-state index is 0.0244. The molecular weight excluding hydrogens is 1380 g/mol. The van der Waals surface area contributed by atoms with Gasteiger partial charge in [-0.3, -0.25) is 72.1 Å². The smallest absolute Gasteiger partial charge is 0.327 e. The van der Waals surface area contributed by atoms with Gasteiger partial charge in [0.2, 0.25) is 76.8 Å². The number of carbonyl (C=O) groups is 14. The molecule has 106 heavy (non-hydrogen) atoms. The van der Waals surface area contributed by atoms with Gasteiger partial charge in [0.1, 0.15) is 66.2 Å². The van der Waals surface area contributed by atoms with Gasteiger partial charge in [-0.15, -0.1) is 0 Å². The Kier molecular flexibility index (Phi) is 38.3. The molecule has 2 saturated heterocycles. The Morgan fingerprint density at radius 1 is 0.632 bits per heavy atom. The van der Waals surface area contributed by atoms with Gasteiger partial charge in [0.05, 0.1) is 32.1 Å². The fraction of sp³-hybridized carbons (Fsp3) is 0.614. The summed E-state index contributed by atoms with van der Waals surface area (Å²) in [6, 6.07) is -0.644. The Bertz CT molecular complexity index is 3310. The van der Waals surface area contributed by atoms with Crippen LogP contribution >= 0.6 is 0 Å². The largest absolute Gasteiger partial charge is 0.508 e. The molecule has 2 aliphatic heterocycles. The Balaban J connectivity index is 1.63. The third-order valence-corrected chi connectivity index (χ3v) is 17.7. The van der Waals surface area contributed by atoms with Gasteiger partial charge in [-0.05, 0) is 138 Å². The summed E-state index contributed by atoms with van der Waals surface area (Å²) >= 11 is 0. The van der Waals surface area contributed by atoms with E-state index in [2.05, 4.69) is 69.0 Å². The number of phenolic OH excluding ortho intramolecular Hbond substituents is 1. The molecule has 0 aromatic heterocycles. The predicted molar refractivity (Wildman–Crippen MR) is 390 cm³/mol. The number of aromatic hydroxyl groups is 1. The van der Waals surface area contributed by atoms with E-state index >= 15 is 4.79 Å². The number of hydrogen-bond acceptors (Lipinski definition) is 21. The van der Waals surface area contributed by atoms with Crippen molar-refractivity contribution >= 4 is 88.7 Å². The van der Waals surface area contributed by atoms with Crippen molar-refractivity contribution < 1.29 is 77.1 Å². The maximum Gasteiger partial charge on any atom is 0.327 e. The third-order valence-electron chi connectivity index (χ3n) is 17.7. The van der Waals surface area contributed by atoms with Crippen molar-refractivity contribution in [2.75, 3.05) is 45.8 Å². The third kappa shape index (κ3) is 31.3. The van der Waals surface area contributed by atoms with Crippen LogP contribution in [0, 0.1) is 17.8 Å². The fourth-order valence-electron chi connectivity index (χ4n) is 11.7. The number of aliphatic imine (C=N–C) groups is 1. The molecule has 0 spiro atoms. The van der Waals surface area contributed by atoms with E-state index < -0.39 is 181 Å². The van der Waals surface area contributed by atoms with Crippen molar-refractivity contribution in [1.82, 2.24) is 68.9 Å². The van der Waals surface area contributed by atoms with Crippen LogP contribution in [0.2, 0.25) is 0 Å². The van der Waals surface area contributed by atoms with E-state index in [4.69, 9.17) is 39.2 Å². The zero-order valence-corrected chi connectivity index (χ0v) is 61.5. The van der Waals surface area contributed by atoms with Gasteiger partial charge >= 0.3 is 5.97 Å². The molecule has 2 fully saturated rings. The molecule has 2 aliphatic rings. The van der Waals surface area contributed by atoms with Crippen molar-refractivity contribution in [1.29, 1.82) is 0 Å². The van der Waals surface area contributed by atoms with Gasteiger partial charge in [0.25, 0.3) is 0 Å². The molecule has 12 atom stereocenters. The number of hydroxylamine groups is 1. The summed E-state index contributed by atoms with van der Waals surface area (Å²) in [5.41, 5.74) is 37.9. The van der Waals surface area contributed by atoms with E-state index in [-0.39, 0.29) is 114 Å². The number of nitrogens with two attached hydrogens (primary N) is 6. The molecule has 2 heterocycles. The molecule has 36 heteroatoms. The molecule has 2 aromatic rings. The van der Waals surface area contributed by atoms with Gasteiger partial charge in [0.15, 0.2) is 5.96 Å². The van der Waals surface area contributed by atoms with Crippen molar-refractivity contribution in [3.63, 3.8) is 0 Å². The van der Waals surface area contributed by atoms with Crippen LogP contribution in [-0.4, -0.2) is 211 Å². The topological polar surface area (TPSA) is 585 Å². The quantitative estimate of drug-likeness (QED) is 0.0170. The summed E-state index contributed by atoms with van der Waals surface area (Å²) in [6.07, 6.45) is 1.68. The Hall–Kier alpha value is -10.1. The Morgan fingerprint density at radius 2 is 1.22 bits per heavy atom. The zero-order valence-electron chi connectivity index (χ0n) is 61.5. The number of benzene rings is 2. The lowest BCUT2D eigenvalue weighted by molar-refractivity contribution is -0.154. The number of rotatable bonds is 40. The summed E-state index contributed by atoms with van der Waals surface area (Å²) in [5, 5.41) is 38.2. The monoisotopic (exact) mass is 1490 g/mol. The number of nitrogens with one attached hydrogen (secondary N) is 12. The average molecular weight is 1490 g/mol. The van der Waals surface area contributed by atoms with Gasteiger partial charge in [-0.1, -0.05) is 90.4 Å². The first-order valence-corrected chi connectivity index (χ1v) is 36.2. The van der Waals surface area contributed by atoms with Crippen LogP contribution in [0.25, 0.3) is 0 Å². The number of hydrogen-bond donors (Lipinski definition) is 19. The van der Waals surface area contributed by atoms with Crippen LogP contribution in [-0.2, 0) is 84.8 Å². The minimum Gasteiger partial charge on any atom is -0.508 e. The highest BCUT2D eigenvalue weighted by Crippen LogP contribution is 2.21. The second-order valence-electron chi connectivity index (χ2n) is 27.5. The molecule has 0 saturated carbocycles. The van der Waals surface area contributed by atoms with Crippen molar-refractivity contribution in [3.05, 3.63) is 65.7 Å². The lowest BCUT2D eigenvalue weighted by Crippen LogP contribution is -2.62. The number of carbonyl (C=O) groups excluding carboxylic acids is 14. The summed E-state index contributed by atoms with van der Waals surface area (Å²) in [4.78, 5) is 207. The molecular formula is C70H112N20O16. The maximum absolute atomic E-state index is 15.0. The molecule has 0 bridgehead atoms. The second-order valence-corrected chi connectivity index (χ2v) is 27.5. The minimum atomic E-state index is -1.88. The highest BCUT2D eigenvalue weighted by Gasteiger charge is 2.42. The number of unbranched alkanes of at least 4 members (excludes halogenated alkanes) is 2. The van der Waals surface area contributed by atoms with Gasteiger partial charge in [0, 0.05) is 19.5 Å². The number of primary amides is 1. The zero-order chi connectivity index (χ0) is 78.6. The van der Waals surface area contributed by atoms with Crippen molar-refractivity contribution in [2.24, 2.45) is 57.1 Å². The van der Waals surface area contributed by atoms with E-state index in [1.165, 1.54) is 17.0 Å². The molecule has 2 unspecified atom stereocenters. The Morgan fingerprint density at radius 3 is 1.82 bits per heavy atom. The molecule has 36 nitrogen and oxygen atoms in total. The number of likely N-dealkylation sites (tertiary alicyclic amines) is 1. The summed E-state index contributed by atoms with van der Waals surface area (Å²) in [6.45, 7) is 9.11. The van der Waals surface area contributed by atoms with Crippen LogP contribution < -0.4 is 98.4 Å². The lowest BCUT2D eigenvalue weighted by Gasteiger charge is -2.32. The standard InChI is InChI=1S/C70H112N20O16/c1-7-41(6)58-68(104)88-53(69(105)90-30-16-22-54(90)67(103)84-47(20-12-14-28-72)61(97)85-49(31-39(2)3)63(99)82-46(59(74)95)19-11-13-27-71)36-80-106-57(94)35-52(66(102)83-48(62(98)89-58)21-15-29-77-70(75)76)87-64(100)50(32-40(4)5)86-65(101)51(34-42-17-9-8-10-18-42)81-56(93)38-78-55(92)37-79-60(96)45(73)33-43-23-25-44(91)26-24-43/h8-10,17-18,23-26,39-41,45-54,58,80,91H,7,11-16,19-22,27-38,71-73H2,1-6H3,(H2,74,95)(H,78,92)(H,79,96)(H,81,93)(H,82,99)(H,83,102)(H,84,103)(H,85,97)(H,86,101)(H,87,100)(H,88,104)(H,89,98)(H4,75,76,77)/t41?,45-,46-,47-,48+,49-,50-,51-,52+,53?,54-,58-/m0/s1. The van der Waals surface area contributed by atoms with Crippen LogP contribution in [0.3, 0.4) is 0 Å². The predicted octanol–water partition coefficient (Wildman–Crippen LogP) is -4.52. The maximum atomic E-state index is 15.0. The van der Waals surface area contributed by atoms with Crippen LogP contribution in [0.4, 0.5) is 0 Å². The number of phenols is 1. The molecule has 0 aliphatic carbocycles. The van der Waals surface area contributed by atoms with Crippen molar-refractivity contribution in [3.8, 4) is 5.75 Å². The van der Waals surface area contributed by atoms with E-state index in [0.717, 1.165) is 0 Å². The molecule has 588 valence electrons. The van der Waals surface area contributed by atoms with Crippen LogP contribution in [0.15, 0.2) is 59.6 Å². The first kappa shape index (κ1) is 88.3. The average Bonchev–Trinajstić information content (AvgIpc) is 1.40. The molecule has 2 aromatic carbocycles. The van der Waals surface area contributed by atoms with Crippen molar-refractivity contribution in [2.45, 2.75) is 211 Å². The SMILES string of the molecule is CCC(C)[C@@H]1NC(=O)[C@@H](CCCN=C(N)N)NC(=O)[C@H](NC(=O)[C@H](CC(C)C)NC(=O)[C@H](Cc2ccccc2)NC(=O)CNC(=O)CNC(=O)[C@@H](N)Cc2ccc(O)cc2)CC(=O)ONCC(C(=O)N2CCC[C@H]2C(=O)N[C@@H](CCCCN)C(=O)N[C@@H](CC(C)C)C(=O)N[C@@H](CCCCN)C(N)=O)NC1=O. The van der Waals surface area contributed by atoms with Gasteiger partial charge in [-0.25, -0.2) is 0 Å². The molecule has 4 rings (SSSR count). The molecule has 25 N–H and O–H groups in total. The van der Waals surface area contributed by atoms with E-state index in [1.807, 2.05) is 13.8 Å². The van der Waals surface area contributed by atoms with Crippen LogP contribution in [0.1, 0.15) is 143 Å². The fourth-order valence-corrected chi connectivity index (χ4v) is 11.7. The normalized spacial score (nSPS) is 19.2. The molecule has 13 amide bonds. The highest BCUT2D eigenvalue weighted by atomic mass is 16.7. The lowest BCUT2D eigenvalue weighted by atomic mass is 9.97. The van der Waals surface area contributed by atoms with E-state index in [0.29, 0.717) is 43.4 Å². The number of guanidine groups is 1. The van der Waals surface area contributed by atoms with E-state index in [1.54, 1.807) is 70.2 Å². The van der Waals surface area contributed by atoms with Crippen LogP contribution in [0.5, 0.6) is 5.75 Å². The first-order chi connectivity index (χ1) is 50.3. The first-order valence-electron chi connectivity index (χ1n) is 36.2. The van der Waals surface area contributed by atoms with E-state index in [9.17, 15) is 67.4 Å². The molecule has 0 radical (unpaired) electrons. The summed E-state index contributed by atoms with van der Waals surface area (Å²) < 4.78 is 0. The Labute approximate surface area is 617 Å². The summed E-state index contributed by atoms with van der Waals surface area (Å²) in [5.74, 6) is -13.5. The second kappa shape index (κ2) is 46.0. The summed E-state index contributed by atoms with van der Waals surface area (Å²) in [7, 11) is 0. The highest BCUT2D eigenvalue weighted by molar-refractivity contribution is 6.00. The van der Waals surface area contributed by atoms with Gasteiger partial charge < -0.3 is 108 Å². The number of amides is 13. The van der Waals surface area contributed by atoms with Gasteiger partial charge in [-0.2, -0.15) is 5.48 Å². The number of nitrogens with zero attached hydrogens (tertiary/aromatic N) is 2.